The van der Waals surface area contributed by atoms with E-state index >= 15 is 0 Å². The molecule has 0 aliphatic heterocycles. The summed E-state index contributed by atoms with van der Waals surface area (Å²) < 4.78 is 10.5. The van der Waals surface area contributed by atoms with Gasteiger partial charge < -0.3 is 21.3 Å². The van der Waals surface area contributed by atoms with Crippen molar-refractivity contribution in [2.75, 3.05) is 0 Å². The van der Waals surface area contributed by atoms with Crippen molar-refractivity contribution < 1.29 is 28.5 Å². The third-order valence-corrected chi connectivity index (χ3v) is 3.07. The molecule has 0 amide bonds. The van der Waals surface area contributed by atoms with E-state index in [1.807, 2.05) is 27.7 Å². The molecule has 0 aliphatic rings. The largest absolute Gasteiger partial charge is 2.00 e. The summed E-state index contributed by atoms with van der Waals surface area (Å²) >= 11 is 9.95. The van der Waals surface area contributed by atoms with Gasteiger partial charge in [0, 0.05) is 0 Å². The van der Waals surface area contributed by atoms with Crippen molar-refractivity contribution in [3.8, 4) is 0 Å². The maximum absolute atomic E-state index is 5.27. The summed E-state index contributed by atoms with van der Waals surface area (Å²) in [5.74, 6) is 0. The molecule has 0 aliphatic carbocycles. The SMILES string of the molecule is CC(C)OP(=S)([S-])OC(C)C.[Zn+2]. The molecule has 0 fully saturated rings. The molecule has 6 heteroatoms. The molecule has 0 bridgehead atoms. The van der Waals surface area contributed by atoms with Crippen molar-refractivity contribution in [2.45, 2.75) is 39.9 Å². The van der Waals surface area contributed by atoms with E-state index in [0.29, 0.717) is 0 Å². The molecule has 0 rings (SSSR count). The maximum atomic E-state index is 5.27. The fourth-order valence-corrected chi connectivity index (χ4v) is 3.69. The Morgan fingerprint density at radius 3 is 1.50 bits per heavy atom. The summed E-state index contributed by atoms with van der Waals surface area (Å²) in [5, 5.41) is 0. The molecule has 0 N–H and O–H groups in total. The average molecular weight is 279 g/mol. The van der Waals surface area contributed by atoms with Gasteiger partial charge in [-0.25, -0.2) is 0 Å². The van der Waals surface area contributed by atoms with Gasteiger partial charge >= 0.3 is 19.5 Å². The van der Waals surface area contributed by atoms with Crippen LogP contribution in [0.5, 0.6) is 0 Å². The summed E-state index contributed by atoms with van der Waals surface area (Å²) in [5.41, 5.74) is -2.39. The van der Waals surface area contributed by atoms with Crippen LogP contribution in [0.25, 0.3) is 0 Å². The first-order valence-corrected chi connectivity index (χ1v) is 7.16. The monoisotopic (exact) mass is 277 g/mol. The molecule has 0 atom stereocenters. The van der Waals surface area contributed by atoms with Crippen LogP contribution in [0.2, 0.25) is 0 Å². The standard InChI is InChI=1S/C6H15O2PS2.Zn/c1-5(2)7-9(10,11)8-6(3)4;/h5-6H,1-4H3,(H,10,11);/q;+2/p-1. The molecular weight excluding hydrogens is 265 g/mol. The number of rotatable bonds is 4. The summed E-state index contributed by atoms with van der Waals surface area (Å²) in [6, 6.07) is 0. The number of hydrogen-bond donors (Lipinski definition) is 0. The smallest absolute Gasteiger partial charge is 0.691 e. The van der Waals surface area contributed by atoms with E-state index in [0.717, 1.165) is 0 Å². The summed E-state index contributed by atoms with van der Waals surface area (Å²) in [6.07, 6.45) is 0.106. The van der Waals surface area contributed by atoms with Crippen molar-refractivity contribution in [2.24, 2.45) is 0 Å². The third-order valence-electron chi connectivity index (χ3n) is 0.680. The van der Waals surface area contributed by atoms with Gasteiger partial charge in [0.1, 0.15) is 0 Å². The van der Waals surface area contributed by atoms with Crippen LogP contribution in [0.4, 0.5) is 0 Å². The van der Waals surface area contributed by atoms with Crippen molar-refractivity contribution in [1.82, 2.24) is 0 Å². The molecule has 2 nitrogen and oxygen atoms in total. The number of hydrogen-bond acceptors (Lipinski definition) is 4. The van der Waals surface area contributed by atoms with Crippen LogP contribution >= 0.6 is 5.69 Å². The molecule has 0 aromatic carbocycles. The fraction of sp³-hybridized carbons (Fsp3) is 1.00. The van der Waals surface area contributed by atoms with E-state index < -0.39 is 5.69 Å². The van der Waals surface area contributed by atoms with Gasteiger partial charge in [-0.15, -0.1) is 0 Å². The van der Waals surface area contributed by atoms with Crippen LogP contribution in [-0.4, -0.2) is 12.2 Å². The molecule has 12 heavy (non-hydrogen) atoms. The molecule has 0 spiro atoms. The van der Waals surface area contributed by atoms with Gasteiger partial charge in [0.05, 0.1) is 17.9 Å². The van der Waals surface area contributed by atoms with Crippen LogP contribution in [0.1, 0.15) is 27.7 Å². The predicted octanol–water partition coefficient (Wildman–Crippen LogP) is 2.61. The van der Waals surface area contributed by atoms with Crippen LogP contribution in [0.3, 0.4) is 0 Å². The second-order valence-electron chi connectivity index (χ2n) is 2.76. The van der Waals surface area contributed by atoms with Crippen LogP contribution in [0.15, 0.2) is 0 Å². The zero-order valence-corrected chi connectivity index (χ0v) is 13.4. The minimum atomic E-state index is -2.39. The van der Waals surface area contributed by atoms with Gasteiger partial charge in [-0.2, -0.15) is 0 Å². The second-order valence-corrected chi connectivity index (χ2v) is 7.65. The third kappa shape index (κ3) is 9.63. The molecular formula is C6H14O2PS2Zn+. The van der Waals surface area contributed by atoms with Crippen molar-refractivity contribution >= 4 is 29.7 Å². The van der Waals surface area contributed by atoms with E-state index in [1.165, 1.54) is 0 Å². The molecule has 0 aromatic rings. The minimum Gasteiger partial charge on any atom is -0.691 e. The van der Waals surface area contributed by atoms with Gasteiger partial charge in [0.15, 0.2) is 0 Å². The van der Waals surface area contributed by atoms with E-state index in [2.05, 4.69) is 0 Å². The van der Waals surface area contributed by atoms with E-state index in [-0.39, 0.29) is 31.7 Å². The first-order chi connectivity index (χ1) is 4.83. The van der Waals surface area contributed by atoms with Gasteiger partial charge in [-0.3, -0.25) is 0 Å². The fourth-order valence-electron chi connectivity index (χ4n) is 0.541. The topological polar surface area (TPSA) is 18.5 Å². The Balaban J connectivity index is 0. The first-order valence-electron chi connectivity index (χ1n) is 3.51. The maximum Gasteiger partial charge on any atom is 2.00 e. The van der Waals surface area contributed by atoms with Crippen LogP contribution in [0, 0.1) is 0 Å². The van der Waals surface area contributed by atoms with Crippen molar-refractivity contribution in [3.63, 3.8) is 0 Å². The Bertz CT molecular complexity index is 150. The molecule has 0 saturated carbocycles. The van der Waals surface area contributed by atoms with Crippen LogP contribution in [-0.2, 0) is 52.6 Å². The Kier molecular flexibility index (Phi) is 9.22. The van der Waals surface area contributed by atoms with Crippen LogP contribution < -0.4 is 0 Å². The minimum absolute atomic E-state index is 0. The van der Waals surface area contributed by atoms with E-state index in [9.17, 15) is 0 Å². The molecule has 0 heterocycles. The molecule has 0 aromatic heterocycles. The Morgan fingerprint density at radius 1 is 1.08 bits per heavy atom. The van der Waals surface area contributed by atoms with Gasteiger partial charge in [-0.1, -0.05) is 11.8 Å². The normalized spacial score (nSPS) is 11.9. The van der Waals surface area contributed by atoms with Gasteiger partial charge in [-0.05, 0) is 27.7 Å². The Labute approximate surface area is 97.9 Å². The van der Waals surface area contributed by atoms with Crippen molar-refractivity contribution in [3.05, 3.63) is 0 Å². The van der Waals surface area contributed by atoms with Crippen molar-refractivity contribution in [1.29, 1.82) is 0 Å². The molecule has 0 saturated heterocycles. The first kappa shape index (κ1) is 16.0. The summed E-state index contributed by atoms with van der Waals surface area (Å²) in [4.78, 5) is 0. The average Bonchev–Trinajstić information content (AvgIpc) is 1.53. The van der Waals surface area contributed by atoms with E-state index in [1.54, 1.807) is 0 Å². The van der Waals surface area contributed by atoms with Gasteiger partial charge in [0.2, 0.25) is 0 Å². The molecule has 0 radical (unpaired) electrons. The quantitative estimate of drug-likeness (QED) is 0.447. The second kappa shape index (κ2) is 6.92. The predicted molar refractivity (Wildman–Crippen MR) is 54.1 cm³/mol. The summed E-state index contributed by atoms with van der Waals surface area (Å²) in [7, 11) is 0. The van der Waals surface area contributed by atoms with Gasteiger partial charge in [0.25, 0.3) is 0 Å². The molecule has 0 unspecified atom stereocenters. The zero-order valence-electron chi connectivity index (χ0n) is 7.94. The zero-order chi connectivity index (χ0) is 9.07. The van der Waals surface area contributed by atoms with E-state index in [4.69, 9.17) is 33.1 Å². The molecule has 68 valence electrons. The Morgan fingerprint density at radius 2 is 1.33 bits per heavy atom. The summed E-state index contributed by atoms with van der Waals surface area (Å²) in [6.45, 7) is 7.60. The Hall–Kier alpha value is 1.54.